The van der Waals surface area contributed by atoms with E-state index in [2.05, 4.69) is 40.7 Å². The minimum atomic E-state index is -0.282. The Morgan fingerprint density at radius 2 is 1.76 bits per heavy atom. The van der Waals surface area contributed by atoms with E-state index in [9.17, 15) is 9.59 Å². The number of rotatable bonds is 8. The van der Waals surface area contributed by atoms with Gasteiger partial charge >= 0.3 is 0 Å². The van der Waals surface area contributed by atoms with Gasteiger partial charge in [0.25, 0.3) is 11.8 Å². The number of nitrogens with one attached hydrogen (secondary N) is 2. The molecule has 0 radical (unpaired) electrons. The fourth-order valence-electron chi connectivity index (χ4n) is 4.79. The van der Waals surface area contributed by atoms with Gasteiger partial charge < -0.3 is 19.9 Å². The van der Waals surface area contributed by atoms with Crippen LogP contribution in [0, 0.1) is 6.92 Å². The zero-order chi connectivity index (χ0) is 26.5. The molecule has 0 aliphatic carbocycles. The molecule has 8 heteroatoms. The molecule has 0 atom stereocenters. The van der Waals surface area contributed by atoms with Gasteiger partial charge in [0.2, 0.25) is 0 Å². The standard InChI is InChI=1S/C30H31ClN4O3/c1-21-5-4-6-22(17-21)20-35-27-10-9-24(33-29(36)25-7-2-3-8-26(25)31)18-23(27)19-28(35)30(37)32-11-12-34-13-15-38-16-14-34/h2-10,17-19H,11-16,20H2,1H3,(H,32,37)(H,33,36). The van der Waals surface area contributed by atoms with Crippen molar-refractivity contribution >= 4 is 40.0 Å². The van der Waals surface area contributed by atoms with Crippen molar-refractivity contribution in [3.63, 3.8) is 0 Å². The molecule has 0 saturated carbocycles. The van der Waals surface area contributed by atoms with Gasteiger partial charge in [-0.2, -0.15) is 0 Å². The quantitative estimate of drug-likeness (QED) is 0.337. The van der Waals surface area contributed by atoms with Crippen LogP contribution >= 0.6 is 11.6 Å². The molecule has 2 amide bonds. The lowest BCUT2D eigenvalue weighted by molar-refractivity contribution is 0.0383. The highest BCUT2D eigenvalue weighted by Crippen LogP contribution is 2.26. The maximum atomic E-state index is 13.4. The van der Waals surface area contributed by atoms with E-state index in [1.165, 1.54) is 5.56 Å². The average molecular weight is 531 g/mol. The topological polar surface area (TPSA) is 75.6 Å². The minimum absolute atomic E-state index is 0.122. The van der Waals surface area contributed by atoms with Gasteiger partial charge in [-0.1, -0.05) is 53.6 Å². The number of halogens is 1. The molecule has 2 heterocycles. The first-order chi connectivity index (χ1) is 18.5. The zero-order valence-electron chi connectivity index (χ0n) is 21.4. The van der Waals surface area contributed by atoms with Gasteiger partial charge in [-0.15, -0.1) is 0 Å². The highest BCUT2D eigenvalue weighted by molar-refractivity contribution is 6.34. The van der Waals surface area contributed by atoms with Crippen molar-refractivity contribution < 1.29 is 14.3 Å². The van der Waals surface area contributed by atoms with Gasteiger partial charge in [-0.05, 0) is 48.9 Å². The molecule has 0 bridgehead atoms. The number of amides is 2. The maximum Gasteiger partial charge on any atom is 0.267 e. The maximum absolute atomic E-state index is 13.4. The number of ether oxygens (including phenoxy) is 1. The van der Waals surface area contributed by atoms with E-state index in [-0.39, 0.29) is 11.8 Å². The third-order valence-corrected chi connectivity index (χ3v) is 7.08. The lowest BCUT2D eigenvalue weighted by atomic mass is 10.1. The molecule has 3 aromatic carbocycles. The van der Waals surface area contributed by atoms with Crippen LogP contribution in [-0.4, -0.2) is 60.7 Å². The molecule has 7 nitrogen and oxygen atoms in total. The summed E-state index contributed by atoms with van der Waals surface area (Å²) in [5.74, 6) is -0.404. The van der Waals surface area contributed by atoms with Gasteiger partial charge in [-0.25, -0.2) is 0 Å². The summed E-state index contributed by atoms with van der Waals surface area (Å²) < 4.78 is 7.45. The number of hydrogen-bond acceptors (Lipinski definition) is 4. The zero-order valence-corrected chi connectivity index (χ0v) is 22.1. The Labute approximate surface area is 227 Å². The Kier molecular flexibility index (Phi) is 8.08. The molecule has 0 unspecified atom stereocenters. The van der Waals surface area contributed by atoms with Gasteiger partial charge in [0.15, 0.2) is 0 Å². The lowest BCUT2D eigenvalue weighted by Crippen LogP contribution is -2.41. The number of fused-ring (bicyclic) bond motifs is 1. The predicted molar refractivity (Wildman–Crippen MR) is 151 cm³/mol. The first-order valence-electron chi connectivity index (χ1n) is 12.8. The molecule has 0 spiro atoms. The summed E-state index contributed by atoms with van der Waals surface area (Å²) in [6.07, 6.45) is 0. The van der Waals surface area contributed by atoms with Crippen LogP contribution in [0.15, 0.2) is 72.8 Å². The number of nitrogens with zero attached hydrogens (tertiary/aromatic N) is 2. The van der Waals surface area contributed by atoms with E-state index in [1.807, 2.05) is 34.9 Å². The summed E-state index contributed by atoms with van der Waals surface area (Å²) in [4.78, 5) is 28.4. The second kappa shape index (κ2) is 11.8. The molecule has 4 aromatic rings. The van der Waals surface area contributed by atoms with Crippen LogP contribution in [0.1, 0.15) is 32.0 Å². The second-order valence-corrected chi connectivity index (χ2v) is 9.93. The number of morpholine rings is 1. The summed E-state index contributed by atoms with van der Waals surface area (Å²) in [5.41, 5.74) is 4.82. The number of carbonyl (C=O) groups excluding carboxylic acids is 2. The van der Waals surface area contributed by atoms with Gasteiger partial charge in [0.05, 0.1) is 23.8 Å². The third-order valence-electron chi connectivity index (χ3n) is 6.75. The highest BCUT2D eigenvalue weighted by atomic mass is 35.5. The van der Waals surface area contributed by atoms with Crippen LogP contribution in [0.25, 0.3) is 10.9 Å². The lowest BCUT2D eigenvalue weighted by Gasteiger charge is -2.26. The van der Waals surface area contributed by atoms with Crippen molar-refractivity contribution in [2.45, 2.75) is 13.5 Å². The van der Waals surface area contributed by atoms with Crippen molar-refractivity contribution in [1.29, 1.82) is 0 Å². The number of carbonyl (C=O) groups is 2. The monoisotopic (exact) mass is 530 g/mol. The molecule has 2 N–H and O–H groups in total. The number of hydrogen-bond donors (Lipinski definition) is 2. The van der Waals surface area contributed by atoms with Crippen LogP contribution in [0.4, 0.5) is 5.69 Å². The minimum Gasteiger partial charge on any atom is -0.379 e. The largest absolute Gasteiger partial charge is 0.379 e. The molecule has 1 aromatic heterocycles. The van der Waals surface area contributed by atoms with Crippen molar-refractivity contribution in [3.05, 3.63) is 100 Å². The molecular weight excluding hydrogens is 500 g/mol. The first kappa shape index (κ1) is 26.0. The van der Waals surface area contributed by atoms with Crippen molar-refractivity contribution in [1.82, 2.24) is 14.8 Å². The van der Waals surface area contributed by atoms with Gasteiger partial charge in [0, 0.05) is 49.3 Å². The summed E-state index contributed by atoms with van der Waals surface area (Å²) in [7, 11) is 0. The van der Waals surface area contributed by atoms with E-state index in [0.29, 0.717) is 35.1 Å². The van der Waals surface area contributed by atoms with Gasteiger partial charge in [0.1, 0.15) is 5.69 Å². The Morgan fingerprint density at radius 3 is 2.55 bits per heavy atom. The molecule has 1 aliphatic rings. The summed E-state index contributed by atoms with van der Waals surface area (Å²) in [6, 6.07) is 22.8. The van der Waals surface area contributed by atoms with Crippen molar-refractivity contribution in [2.24, 2.45) is 0 Å². The molecular formula is C30H31ClN4O3. The van der Waals surface area contributed by atoms with Crippen LogP contribution in [-0.2, 0) is 11.3 Å². The molecule has 196 valence electrons. The number of aryl methyl sites for hydroxylation is 1. The van der Waals surface area contributed by atoms with Crippen molar-refractivity contribution in [2.75, 3.05) is 44.7 Å². The Balaban J connectivity index is 1.40. The second-order valence-electron chi connectivity index (χ2n) is 9.52. The van der Waals surface area contributed by atoms with E-state index < -0.39 is 0 Å². The summed E-state index contributed by atoms with van der Waals surface area (Å²) in [5, 5.41) is 7.28. The Bertz CT molecular complexity index is 1460. The van der Waals surface area contributed by atoms with Crippen molar-refractivity contribution in [3.8, 4) is 0 Å². The number of anilines is 1. The first-order valence-corrected chi connectivity index (χ1v) is 13.2. The van der Waals surface area contributed by atoms with Crippen LogP contribution in [0.5, 0.6) is 0 Å². The van der Waals surface area contributed by atoms with Gasteiger partial charge in [-0.3, -0.25) is 14.5 Å². The summed E-state index contributed by atoms with van der Waals surface area (Å²) in [6.45, 7) is 7.18. The van der Waals surface area contributed by atoms with Crippen LogP contribution in [0.2, 0.25) is 5.02 Å². The molecule has 1 aliphatic heterocycles. The number of aromatic nitrogens is 1. The van der Waals surface area contributed by atoms with E-state index >= 15 is 0 Å². The normalized spacial score (nSPS) is 13.9. The fraction of sp³-hybridized carbons (Fsp3) is 0.267. The van der Waals surface area contributed by atoms with Crippen LogP contribution in [0.3, 0.4) is 0 Å². The molecule has 5 rings (SSSR count). The van der Waals surface area contributed by atoms with E-state index in [0.717, 1.165) is 49.3 Å². The molecule has 1 fully saturated rings. The predicted octanol–water partition coefficient (Wildman–Crippen LogP) is 4.97. The molecule has 1 saturated heterocycles. The number of benzene rings is 3. The Hall–Kier alpha value is -3.65. The SMILES string of the molecule is Cc1cccc(Cn2c(C(=O)NCCN3CCOCC3)cc3cc(NC(=O)c4ccccc4Cl)ccc32)c1. The van der Waals surface area contributed by atoms with Crippen LogP contribution < -0.4 is 10.6 Å². The van der Waals surface area contributed by atoms with E-state index in [1.54, 1.807) is 24.3 Å². The highest BCUT2D eigenvalue weighted by Gasteiger charge is 2.18. The molecule has 38 heavy (non-hydrogen) atoms. The van der Waals surface area contributed by atoms with E-state index in [4.69, 9.17) is 16.3 Å². The summed E-state index contributed by atoms with van der Waals surface area (Å²) >= 11 is 6.20. The smallest absolute Gasteiger partial charge is 0.267 e. The Morgan fingerprint density at radius 1 is 0.947 bits per heavy atom. The fourth-order valence-corrected chi connectivity index (χ4v) is 5.01. The third kappa shape index (κ3) is 6.07. The average Bonchev–Trinajstić information content (AvgIpc) is 3.27.